The molecule has 0 aliphatic rings. The lowest BCUT2D eigenvalue weighted by Crippen LogP contribution is -2.30. The van der Waals surface area contributed by atoms with E-state index in [2.05, 4.69) is 10.1 Å². The van der Waals surface area contributed by atoms with Gasteiger partial charge in [-0.1, -0.05) is 17.3 Å². The molecule has 0 unspecified atom stereocenters. The summed E-state index contributed by atoms with van der Waals surface area (Å²) in [6.45, 7) is 3.27. The highest BCUT2D eigenvalue weighted by molar-refractivity contribution is 5.59. The van der Waals surface area contributed by atoms with Gasteiger partial charge in [-0.3, -0.25) is 0 Å². The van der Waals surface area contributed by atoms with Crippen molar-refractivity contribution in [2.24, 2.45) is 5.73 Å². The molecule has 2 N–H and O–H groups in total. The summed E-state index contributed by atoms with van der Waals surface area (Å²) in [4.78, 5) is 3.92. The molecule has 0 bridgehead atoms. The maximum absolute atomic E-state index is 12.9. The highest BCUT2D eigenvalue weighted by Crippen LogP contribution is 2.36. The van der Waals surface area contributed by atoms with Gasteiger partial charge in [0.2, 0.25) is 0 Å². The summed E-state index contributed by atoms with van der Waals surface area (Å²) >= 11 is 0. The molecule has 7 heteroatoms. The summed E-state index contributed by atoms with van der Waals surface area (Å²) < 4.78 is 43.5. The lowest BCUT2D eigenvalue weighted by atomic mass is 10.1. The van der Waals surface area contributed by atoms with E-state index in [1.807, 2.05) is 0 Å². The van der Waals surface area contributed by atoms with E-state index in [1.54, 1.807) is 13.8 Å². The fraction of sp³-hybridized carbons (Fsp3) is 0.333. The van der Waals surface area contributed by atoms with Crippen LogP contribution in [-0.2, 0) is 11.7 Å². The number of alkyl halides is 3. The van der Waals surface area contributed by atoms with Crippen molar-refractivity contribution in [1.82, 2.24) is 10.1 Å². The molecule has 4 nitrogen and oxygen atoms in total. The Balaban J connectivity index is 2.52. The zero-order valence-electron chi connectivity index (χ0n) is 10.3. The van der Waals surface area contributed by atoms with Crippen LogP contribution in [0.25, 0.3) is 11.5 Å². The first-order valence-corrected chi connectivity index (χ1v) is 5.49. The maximum Gasteiger partial charge on any atom is 0.417 e. The lowest BCUT2D eigenvalue weighted by molar-refractivity contribution is -0.137. The molecule has 0 atom stereocenters. The van der Waals surface area contributed by atoms with Gasteiger partial charge >= 0.3 is 6.18 Å². The molecule has 102 valence electrons. The van der Waals surface area contributed by atoms with Crippen molar-refractivity contribution in [3.63, 3.8) is 0 Å². The number of hydrogen-bond acceptors (Lipinski definition) is 4. The van der Waals surface area contributed by atoms with Gasteiger partial charge in [0.15, 0.2) is 5.82 Å². The SMILES string of the molecule is CC(C)(N)c1noc(-c2ccccc2C(F)(F)F)n1. The van der Waals surface area contributed by atoms with Gasteiger partial charge in [0.1, 0.15) is 0 Å². The first-order valence-electron chi connectivity index (χ1n) is 5.49. The van der Waals surface area contributed by atoms with Gasteiger partial charge in [0, 0.05) is 0 Å². The highest BCUT2D eigenvalue weighted by Gasteiger charge is 2.35. The smallest absolute Gasteiger partial charge is 0.334 e. The molecule has 0 aliphatic carbocycles. The van der Waals surface area contributed by atoms with Crippen LogP contribution < -0.4 is 5.73 Å². The van der Waals surface area contributed by atoms with E-state index in [1.165, 1.54) is 18.2 Å². The minimum absolute atomic E-state index is 0.152. The third-order valence-corrected chi connectivity index (χ3v) is 2.47. The van der Waals surface area contributed by atoms with E-state index in [0.717, 1.165) is 6.07 Å². The third kappa shape index (κ3) is 2.76. The van der Waals surface area contributed by atoms with Crippen LogP contribution in [-0.4, -0.2) is 10.1 Å². The molecule has 19 heavy (non-hydrogen) atoms. The Kier molecular flexibility index (Phi) is 3.09. The van der Waals surface area contributed by atoms with Crippen LogP contribution in [0.5, 0.6) is 0 Å². The zero-order chi connectivity index (χ0) is 14.3. The normalized spacial score (nSPS) is 12.7. The van der Waals surface area contributed by atoms with Gasteiger partial charge in [-0.05, 0) is 26.0 Å². The summed E-state index contributed by atoms with van der Waals surface area (Å²) in [6.07, 6.45) is -4.48. The van der Waals surface area contributed by atoms with Gasteiger partial charge in [0.25, 0.3) is 5.89 Å². The predicted octanol–water partition coefficient (Wildman–Crippen LogP) is 2.95. The number of nitrogens with zero attached hydrogens (tertiary/aromatic N) is 2. The van der Waals surface area contributed by atoms with Gasteiger partial charge in [0.05, 0.1) is 16.7 Å². The van der Waals surface area contributed by atoms with Crippen molar-refractivity contribution in [3.05, 3.63) is 35.7 Å². The van der Waals surface area contributed by atoms with Crippen LogP contribution in [0, 0.1) is 0 Å². The molecule has 1 aromatic carbocycles. The van der Waals surface area contributed by atoms with Crippen molar-refractivity contribution < 1.29 is 17.7 Å². The average molecular weight is 271 g/mol. The molecule has 2 rings (SSSR count). The molecular formula is C12H12F3N3O. The van der Waals surface area contributed by atoms with Gasteiger partial charge in [-0.25, -0.2) is 0 Å². The molecule has 0 amide bonds. The summed E-state index contributed by atoms with van der Waals surface area (Å²) in [7, 11) is 0. The molecule has 0 saturated heterocycles. The first kappa shape index (κ1) is 13.5. The van der Waals surface area contributed by atoms with Crippen molar-refractivity contribution >= 4 is 0 Å². The molecule has 0 aliphatic heterocycles. The summed E-state index contributed by atoms with van der Waals surface area (Å²) in [5.41, 5.74) is 3.91. The Morgan fingerprint density at radius 3 is 2.32 bits per heavy atom. The van der Waals surface area contributed by atoms with Crippen molar-refractivity contribution in [2.45, 2.75) is 25.6 Å². The van der Waals surface area contributed by atoms with E-state index >= 15 is 0 Å². The largest absolute Gasteiger partial charge is 0.417 e. The Labute approximate surface area is 107 Å². The van der Waals surface area contributed by atoms with Crippen LogP contribution in [0.1, 0.15) is 25.2 Å². The number of nitrogens with two attached hydrogens (primary N) is 1. The monoisotopic (exact) mass is 271 g/mol. The fourth-order valence-electron chi connectivity index (χ4n) is 1.51. The molecule has 1 aromatic heterocycles. The second-order valence-electron chi connectivity index (χ2n) is 4.69. The quantitative estimate of drug-likeness (QED) is 0.912. The molecule has 0 fully saturated rings. The average Bonchev–Trinajstić information content (AvgIpc) is 2.76. The third-order valence-electron chi connectivity index (χ3n) is 2.47. The number of hydrogen-bond donors (Lipinski definition) is 1. The van der Waals surface area contributed by atoms with Crippen molar-refractivity contribution in [3.8, 4) is 11.5 Å². The minimum atomic E-state index is -4.48. The number of aromatic nitrogens is 2. The first-order chi connectivity index (χ1) is 8.69. The van der Waals surface area contributed by atoms with Crippen molar-refractivity contribution in [2.75, 3.05) is 0 Å². The Morgan fingerprint density at radius 2 is 1.79 bits per heavy atom. The topological polar surface area (TPSA) is 64.9 Å². The fourth-order valence-corrected chi connectivity index (χ4v) is 1.51. The van der Waals surface area contributed by atoms with E-state index in [9.17, 15) is 13.2 Å². The lowest BCUT2D eigenvalue weighted by Gasteiger charge is -2.11. The Bertz CT molecular complexity index is 584. The molecule has 0 radical (unpaired) electrons. The molecule has 0 spiro atoms. The predicted molar refractivity (Wildman–Crippen MR) is 61.9 cm³/mol. The number of rotatable bonds is 2. The standard InChI is InChI=1S/C12H12F3N3O/c1-11(2,16)10-17-9(19-18-10)7-5-3-4-6-8(7)12(13,14)15/h3-6H,16H2,1-2H3. The minimum Gasteiger partial charge on any atom is -0.334 e. The van der Waals surface area contributed by atoms with Crippen LogP contribution in [0.15, 0.2) is 28.8 Å². The molecule has 2 aromatic rings. The summed E-state index contributed by atoms with van der Waals surface area (Å²) in [6, 6.07) is 5.02. The maximum atomic E-state index is 12.9. The van der Waals surface area contributed by atoms with Crippen LogP contribution in [0.4, 0.5) is 13.2 Å². The number of halogens is 3. The molecular weight excluding hydrogens is 259 g/mol. The van der Waals surface area contributed by atoms with Crippen LogP contribution >= 0.6 is 0 Å². The second-order valence-corrected chi connectivity index (χ2v) is 4.69. The summed E-state index contributed by atoms with van der Waals surface area (Å²) in [5, 5.41) is 3.61. The van der Waals surface area contributed by atoms with Gasteiger partial charge in [-0.2, -0.15) is 18.2 Å². The zero-order valence-corrected chi connectivity index (χ0v) is 10.3. The van der Waals surface area contributed by atoms with Crippen molar-refractivity contribution in [1.29, 1.82) is 0 Å². The molecule has 0 saturated carbocycles. The van der Waals surface area contributed by atoms with E-state index in [4.69, 9.17) is 10.3 Å². The Hall–Kier alpha value is -1.89. The van der Waals surface area contributed by atoms with Crippen LogP contribution in [0.2, 0.25) is 0 Å². The highest BCUT2D eigenvalue weighted by atomic mass is 19.4. The van der Waals surface area contributed by atoms with E-state index in [0.29, 0.717) is 0 Å². The summed E-state index contributed by atoms with van der Waals surface area (Å²) in [5.74, 6) is -0.0408. The van der Waals surface area contributed by atoms with Gasteiger partial charge in [-0.15, -0.1) is 0 Å². The second kappa shape index (κ2) is 4.34. The Morgan fingerprint density at radius 1 is 1.16 bits per heavy atom. The van der Waals surface area contributed by atoms with Crippen LogP contribution in [0.3, 0.4) is 0 Å². The number of benzene rings is 1. The van der Waals surface area contributed by atoms with E-state index in [-0.39, 0.29) is 17.3 Å². The van der Waals surface area contributed by atoms with E-state index < -0.39 is 17.3 Å². The van der Waals surface area contributed by atoms with Gasteiger partial charge < -0.3 is 10.3 Å². The molecule has 1 heterocycles.